The van der Waals surface area contributed by atoms with E-state index in [9.17, 15) is 0 Å². The number of thioether (sulfide) groups is 1. The fourth-order valence-corrected chi connectivity index (χ4v) is 2.20. The highest BCUT2D eigenvalue weighted by atomic mass is 35.5. The average Bonchev–Trinajstić information content (AvgIpc) is 2.69. The molecule has 1 aromatic carbocycles. The summed E-state index contributed by atoms with van der Waals surface area (Å²) in [5.74, 6) is 0.840. The summed E-state index contributed by atoms with van der Waals surface area (Å²) in [4.78, 5) is 7.16. The molecule has 0 spiro atoms. The van der Waals surface area contributed by atoms with E-state index in [1.165, 1.54) is 0 Å². The summed E-state index contributed by atoms with van der Waals surface area (Å²) in [6.07, 6.45) is 3.56. The minimum atomic E-state index is 0.812. The molecule has 0 aliphatic heterocycles. The van der Waals surface area contributed by atoms with Gasteiger partial charge in [0.05, 0.1) is 0 Å². The van der Waals surface area contributed by atoms with Crippen LogP contribution in [0, 0.1) is 0 Å². The Kier molecular flexibility index (Phi) is 3.11. The molecule has 0 fully saturated rings. The Morgan fingerprint density at radius 3 is 2.93 bits per heavy atom. The number of nitrogens with one attached hydrogen (secondary N) is 1. The summed E-state index contributed by atoms with van der Waals surface area (Å²) in [6.45, 7) is 0. The molecule has 0 radical (unpaired) electrons. The fraction of sp³-hybridized carbons (Fsp3) is 0.100. The lowest BCUT2D eigenvalue weighted by atomic mass is 10.2. The van der Waals surface area contributed by atoms with Crippen molar-refractivity contribution in [2.45, 2.75) is 10.9 Å². The van der Waals surface area contributed by atoms with Gasteiger partial charge in [-0.1, -0.05) is 41.6 Å². The van der Waals surface area contributed by atoms with Gasteiger partial charge in [-0.25, -0.2) is 4.98 Å². The Bertz CT molecular complexity index is 400. The number of hydrogen-bond donors (Lipinski definition) is 1. The molecule has 2 nitrogen and oxygen atoms in total. The van der Waals surface area contributed by atoms with Crippen molar-refractivity contribution in [3.63, 3.8) is 0 Å². The van der Waals surface area contributed by atoms with Gasteiger partial charge in [0.2, 0.25) is 0 Å². The van der Waals surface area contributed by atoms with E-state index in [4.69, 9.17) is 11.6 Å². The van der Waals surface area contributed by atoms with Gasteiger partial charge in [0, 0.05) is 23.2 Å². The van der Waals surface area contributed by atoms with Gasteiger partial charge in [-0.2, -0.15) is 0 Å². The average molecular weight is 225 g/mol. The van der Waals surface area contributed by atoms with Crippen LogP contribution in [0.25, 0.3) is 0 Å². The van der Waals surface area contributed by atoms with Crippen LogP contribution in [0.3, 0.4) is 0 Å². The molecule has 4 heteroatoms. The first-order valence-corrected chi connectivity index (χ1v) is 5.58. The minimum Gasteiger partial charge on any atom is -0.340 e. The second-order valence-corrected chi connectivity index (χ2v) is 4.15. The van der Waals surface area contributed by atoms with Gasteiger partial charge in [0.1, 0.15) is 0 Å². The van der Waals surface area contributed by atoms with Crippen LogP contribution < -0.4 is 0 Å². The molecule has 14 heavy (non-hydrogen) atoms. The van der Waals surface area contributed by atoms with Crippen molar-refractivity contribution < 1.29 is 0 Å². The van der Waals surface area contributed by atoms with E-state index >= 15 is 0 Å². The van der Waals surface area contributed by atoms with E-state index in [1.807, 2.05) is 30.5 Å². The molecule has 1 aromatic heterocycles. The monoisotopic (exact) mass is 224 g/mol. The molecule has 0 aliphatic rings. The molecule has 0 atom stereocenters. The summed E-state index contributed by atoms with van der Waals surface area (Å²) >= 11 is 7.66. The SMILES string of the molecule is Clc1ccccc1CSc1ncc[nH]1. The first-order chi connectivity index (χ1) is 6.86. The lowest BCUT2D eigenvalue weighted by Gasteiger charge is -2.01. The Morgan fingerprint density at radius 1 is 1.36 bits per heavy atom. The molecule has 0 saturated carbocycles. The number of nitrogens with zero attached hydrogens (tertiary/aromatic N) is 1. The number of aromatic nitrogens is 2. The molecule has 0 amide bonds. The number of H-pyrrole nitrogens is 1. The van der Waals surface area contributed by atoms with Gasteiger partial charge < -0.3 is 4.98 Å². The maximum Gasteiger partial charge on any atom is 0.165 e. The van der Waals surface area contributed by atoms with Gasteiger partial charge in [-0.15, -0.1) is 0 Å². The summed E-state index contributed by atoms with van der Waals surface area (Å²) in [6, 6.07) is 7.85. The lowest BCUT2D eigenvalue weighted by molar-refractivity contribution is 1.06. The first-order valence-electron chi connectivity index (χ1n) is 4.22. The third-order valence-corrected chi connectivity index (χ3v) is 3.12. The zero-order valence-electron chi connectivity index (χ0n) is 7.40. The fourth-order valence-electron chi connectivity index (χ4n) is 1.09. The van der Waals surface area contributed by atoms with E-state index in [0.717, 1.165) is 21.5 Å². The van der Waals surface area contributed by atoms with Gasteiger partial charge in [-0.3, -0.25) is 0 Å². The van der Waals surface area contributed by atoms with Crippen LogP contribution in [0.2, 0.25) is 5.02 Å². The van der Waals surface area contributed by atoms with E-state index < -0.39 is 0 Å². The number of imidazole rings is 1. The third-order valence-electron chi connectivity index (χ3n) is 1.80. The van der Waals surface area contributed by atoms with E-state index in [0.29, 0.717) is 0 Å². The summed E-state index contributed by atoms with van der Waals surface area (Å²) in [5.41, 5.74) is 1.13. The highest BCUT2D eigenvalue weighted by Gasteiger charge is 2.00. The lowest BCUT2D eigenvalue weighted by Crippen LogP contribution is -1.82. The number of rotatable bonds is 3. The number of benzene rings is 1. The highest BCUT2D eigenvalue weighted by molar-refractivity contribution is 7.98. The Balaban J connectivity index is 2.02. The molecular weight excluding hydrogens is 216 g/mol. The smallest absolute Gasteiger partial charge is 0.165 e. The Morgan fingerprint density at radius 2 is 2.21 bits per heavy atom. The van der Waals surface area contributed by atoms with E-state index in [2.05, 4.69) is 9.97 Å². The first kappa shape index (κ1) is 9.62. The molecule has 0 aliphatic carbocycles. The normalized spacial score (nSPS) is 10.4. The summed E-state index contributed by atoms with van der Waals surface area (Å²) in [7, 11) is 0. The molecule has 0 saturated heterocycles. The second-order valence-electron chi connectivity index (χ2n) is 2.77. The van der Waals surface area contributed by atoms with Crippen molar-refractivity contribution in [1.82, 2.24) is 9.97 Å². The largest absolute Gasteiger partial charge is 0.340 e. The van der Waals surface area contributed by atoms with E-state index in [1.54, 1.807) is 18.0 Å². The van der Waals surface area contributed by atoms with Gasteiger partial charge in [-0.05, 0) is 11.6 Å². The molecule has 0 bridgehead atoms. The van der Waals surface area contributed by atoms with Crippen molar-refractivity contribution in [3.8, 4) is 0 Å². The topological polar surface area (TPSA) is 28.7 Å². The van der Waals surface area contributed by atoms with Crippen LogP contribution in [0.5, 0.6) is 0 Å². The van der Waals surface area contributed by atoms with Gasteiger partial charge >= 0.3 is 0 Å². The van der Waals surface area contributed by atoms with Crippen LogP contribution in [0.1, 0.15) is 5.56 Å². The van der Waals surface area contributed by atoms with Crippen LogP contribution in [0.4, 0.5) is 0 Å². The van der Waals surface area contributed by atoms with Crippen molar-refractivity contribution in [2.75, 3.05) is 0 Å². The van der Waals surface area contributed by atoms with Crippen molar-refractivity contribution >= 4 is 23.4 Å². The third kappa shape index (κ3) is 2.30. The quantitative estimate of drug-likeness (QED) is 0.810. The zero-order valence-corrected chi connectivity index (χ0v) is 8.98. The molecule has 1 heterocycles. The standard InChI is InChI=1S/C10H9ClN2S/c11-9-4-2-1-3-8(9)7-14-10-12-5-6-13-10/h1-6H,7H2,(H,12,13). The predicted octanol–water partition coefficient (Wildman–Crippen LogP) is 3.36. The van der Waals surface area contributed by atoms with Crippen LogP contribution in [-0.4, -0.2) is 9.97 Å². The summed E-state index contributed by atoms with van der Waals surface area (Å²) in [5, 5.41) is 1.73. The Hall–Kier alpha value is -0.930. The number of hydrogen-bond acceptors (Lipinski definition) is 2. The molecule has 2 aromatic rings. The molecular formula is C10H9ClN2S. The molecule has 1 N–H and O–H groups in total. The van der Waals surface area contributed by atoms with Crippen LogP contribution >= 0.6 is 23.4 Å². The molecule has 72 valence electrons. The number of aromatic amines is 1. The zero-order chi connectivity index (χ0) is 9.80. The highest BCUT2D eigenvalue weighted by Crippen LogP contribution is 2.23. The number of halogens is 1. The van der Waals surface area contributed by atoms with Gasteiger partial charge in [0.15, 0.2) is 5.16 Å². The van der Waals surface area contributed by atoms with Crippen molar-refractivity contribution in [1.29, 1.82) is 0 Å². The Labute approximate surface area is 91.7 Å². The molecule has 2 rings (SSSR count). The predicted molar refractivity (Wildman–Crippen MR) is 59.6 cm³/mol. The van der Waals surface area contributed by atoms with Crippen molar-refractivity contribution in [2.24, 2.45) is 0 Å². The maximum atomic E-state index is 6.02. The maximum absolute atomic E-state index is 6.02. The minimum absolute atomic E-state index is 0.812. The van der Waals surface area contributed by atoms with Crippen molar-refractivity contribution in [3.05, 3.63) is 47.2 Å². The molecule has 0 unspecified atom stereocenters. The summed E-state index contributed by atoms with van der Waals surface area (Å²) < 4.78 is 0. The van der Waals surface area contributed by atoms with Gasteiger partial charge in [0.25, 0.3) is 0 Å². The second kappa shape index (κ2) is 4.53. The van der Waals surface area contributed by atoms with Crippen LogP contribution in [0.15, 0.2) is 41.8 Å². The van der Waals surface area contributed by atoms with E-state index in [-0.39, 0.29) is 0 Å². The van der Waals surface area contributed by atoms with Crippen LogP contribution in [-0.2, 0) is 5.75 Å².